The average Bonchev–Trinajstić information content (AvgIpc) is 2.68. The van der Waals surface area contributed by atoms with E-state index in [2.05, 4.69) is 21.2 Å². The molecule has 9 heteroatoms. The van der Waals surface area contributed by atoms with Crippen molar-refractivity contribution in [1.82, 2.24) is 14.5 Å². The van der Waals surface area contributed by atoms with Crippen molar-refractivity contribution in [3.05, 3.63) is 64.4 Å². The summed E-state index contributed by atoms with van der Waals surface area (Å²) >= 11 is 3.47. The molecule has 1 fully saturated rings. The number of sulfonamides is 1. The second kappa shape index (κ2) is 8.59. The smallest absolute Gasteiger partial charge is 0.317 e. The lowest BCUT2D eigenvalue weighted by atomic mass is 10.1. The van der Waals surface area contributed by atoms with E-state index >= 15 is 0 Å². The molecule has 6 nitrogen and oxygen atoms in total. The summed E-state index contributed by atoms with van der Waals surface area (Å²) in [5.41, 5.74) is 0.961. The van der Waals surface area contributed by atoms with Crippen LogP contribution in [0.1, 0.15) is 18.5 Å². The van der Waals surface area contributed by atoms with Gasteiger partial charge in [-0.2, -0.15) is 4.31 Å². The first-order chi connectivity index (χ1) is 13.3. The molecule has 0 bridgehead atoms. The monoisotopic (exact) mass is 469 g/mol. The second-order valence-electron chi connectivity index (χ2n) is 6.54. The van der Waals surface area contributed by atoms with Crippen molar-refractivity contribution in [1.29, 1.82) is 0 Å². The van der Waals surface area contributed by atoms with Crippen molar-refractivity contribution in [2.24, 2.45) is 0 Å². The van der Waals surface area contributed by atoms with Gasteiger partial charge in [0.1, 0.15) is 5.82 Å². The largest absolute Gasteiger partial charge is 0.331 e. The van der Waals surface area contributed by atoms with Crippen molar-refractivity contribution in [2.75, 3.05) is 26.2 Å². The van der Waals surface area contributed by atoms with Gasteiger partial charge in [0, 0.05) is 30.7 Å². The molecule has 0 radical (unpaired) electrons. The van der Waals surface area contributed by atoms with E-state index in [-0.39, 0.29) is 43.1 Å². The zero-order valence-corrected chi connectivity index (χ0v) is 17.7. The highest BCUT2D eigenvalue weighted by atomic mass is 79.9. The summed E-state index contributed by atoms with van der Waals surface area (Å²) in [6.07, 6.45) is 0. The molecule has 1 aliphatic rings. The van der Waals surface area contributed by atoms with Crippen LogP contribution < -0.4 is 5.32 Å². The van der Waals surface area contributed by atoms with Gasteiger partial charge >= 0.3 is 6.03 Å². The van der Waals surface area contributed by atoms with Crippen LogP contribution in [0, 0.1) is 5.82 Å². The van der Waals surface area contributed by atoms with Gasteiger partial charge in [-0.3, -0.25) is 0 Å². The number of carbonyl (C=O) groups excluding carboxylic acids is 1. The molecule has 1 heterocycles. The number of amides is 2. The highest BCUT2D eigenvalue weighted by Gasteiger charge is 2.30. The van der Waals surface area contributed by atoms with E-state index in [0.717, 1.165) is 16.1 Å². The zero-order valence-electron chi connectivity index (χ0n) is 15.3. The Morgan fingerprint density at radius 2 is 1.79 bits per heavy atom. The summed E-state index contributed by atoms with van der Waals surface area (Å²) in [6, 6.07) is 12.2. The third-order valence-electron chi connectivity index (χ3n) is 4.67. The maximum absolute atomic E-state index is 13.4. The number of hydrogen-bond acceptors (Lipinski definition) is 3. The Bertz CT molecular complexity index is 962. The molecule has 0 saturated carbocycles. The number of halogens is 2. The van der Waals surface area contributed by atoms with Gasteiger partial charge in [0.15, 0.2) is 0 Å². The van der Waals surface area contributed by atoms with E-state index in [0.29, 0.717) is 0 Å². The highest BCUT2D eigenvalue weighted by Crippen LogP contribution is 2.23. The first-order valence-electron chi connectivity index (χ1n) is 8.84. The third kappa shape index (κ3) is 4.53. The van der Waals surface area contributed by atoms with Gasteiger partial charge in [0.2, 0.25) is 10.0 Å². The Labute approximate surface area is 172 Å². The summed E-state index contributed by atoms with van der Waals surface area (Å²) in [5.74, 6) is -0.597. The number of carbonyl (C=O) groups is 1. The standard InChI is InChI=1S/C19H21BrFN3O3S/c1-14(17-7-2-3-8-18(17)20)22-19(25)23-9-11-24(12-10-23)28(26,27)16-6-4-5-15(21)13-16/h2-8,13-14H,9-12H2,1H3,(H,22,25). The van der Waals surface area contributed by atoms with Gasteiger partial charge in [-0.25, -0.2) is 17.6 Å². The summed E-state index contributed by atoms with van der Waals surface area (Å²) in [5, 5.41) is 2.94. The molecule has 1 unspecified atom stereocenters. The average molecular weight is 470 g/mol. The molecule has 28 heavy (non-hydrogen) atoms. The molecule has 0 aromatic heterocycles. The SMILES string of the molecule is CC(NC(=O)N1CCN(S(=O)(=O)c2cccc(F)c2)CC1)c1ccccc1Br. The Kier molecular flexibility index (Phi) is 6.36. The minimum atomic E-state index is -3.78. The van der Waals surface area contributed by atoms with E-state index < -0.39 is 15.8 Å². The summed E-state index contributed by atoms with van der Waals surface area (Å²) in [7, 11) is -3.78. The summed E-state index contributed by atoms with van der Waals surface area (Å²) < 4.78 is 40.9. The molecule has 2 amide bonds. The predicted octanol–water partition coefficient (Wildman–Crippen LogP) is 3.37. The lowest BCUT2D eigenvalue weighted by Gasteiger charge is -2.34. The normalized spacial score (nSPS) is 16.6. The molecule has 2 aromatic rings. The number of urea groups is 1. The number of benzene rings is 2. The molecule has 2 aromatic carbocycles. The number of nitrogens with one attached hydrogen (secondary N) is 1. The lowest BCUT2D eigenvalue weighted by molar-refractivity contribution is 0.169. The Hall–Kier alpha value is -1.97. The third-order valence-corrected chi connectivity index (χ3v) is 7.29. The topological polar surface area (TPSA) is 69.7 Å². The number of nitrogens with zero attached hydrogens (tertiary/aromatic N) is 2. The predicted molar refractivity (Wildman–Crippen MR) is 108 cm³/mol. The van der Waals surface area contributed by atoms with Gasteiger partial charge in [-0.05, 0) is 36.8 Å². The quantitative estimate of drug-likeness (QED) is 0.745. The fraction of sp³-hybridized carbons (Fsp3) is 0.316. The van der Waals surface area contributed by atoms with Crippen LogP contribution >= 0.6 is 15.9 Å². The van der Waals surface area contributed by atoms with E-state index in [1.165, 1.54) is 22.5 Å². The maximum Gasteiger partial charge on any atom is 0.317 e. The van der Waals surface area contributed by atoms with Crippen LogP contribution in [-0.2, 0) is 10.0 Å². The van der Waals surface area contributed by atoms with Crippen molar-refractivity contribution in [3.8, 4) is 0 Å². The number of hydrogen-bond donors (Lipinski definition) is 1. The highest BCUT2D eigenvalue weighted by molar-refractivity contribution is 9.10. The molecular formula is C19H21BrFN3O3S. The van der Waals surface area contributed by atoms with Crippen LogP contribution in [0.2, 0.25) is 0 Å². The van der Waals surface area contributed by atoms with Crippen LogP contribution in [0.15, 0.2) is 57.9 Å². The Morgan fingerprint density at radius 1 is 1.11 bits per heavy atom. The van der Waals surface area contributed by atoms with E-state index in [4.69, 9.17) is 0 Å². The molecule has 1 aliphatic heterocycles. The maximum atomic E-state index is 13.4. The number of rotatable bonds is 4. The van der Waals surface area contributed by atoms with Crippen LogP contribution in [-0.4, -0.2) is 49.8 Å². The molecule has 0 spiro atoms. The first-order valence-corrected chi connectivity index (χ1v) is 11.1. The molecule has 0 aliphatic carbocycles. The minimum absolute atomic E-state index is 0.0760. The van der Waals surface area contributed by atoms with E-state index in [1.54, 1.807) is 4.90 Å². The molecular weight excluding hydrogens is 449 g/mol. The van der Waals surface area contributed by atoms with Crippen molar-refractivity contribution in [3.63, 3.8) is 0 Å². The summed E-state index contributed by atoms with van der Waals surface area (Å²) in [6.45, 7) is 2.75. The number of piperazine rings is 1. The zero-order chi connectivity index (χ0) is 20.3. The van der Waals surface area contributed by atoms with Gasteiger partial charge < -0.3 is 10.2 Å². The molecule has 3 rings (SSSR count). The molecule has 1 atom stereocenters. The van der Waals surface area contributed by atoms with Crippen molar-refractivity contribution < 1.29 is 17.6 Å². The van der Waals surface area contributed by atoms with Crippen molar-refractivity contribution in [2.45, 2.75) is 17.9 Å². The van der Waals surface area contributed by atoms with E-state index in [9.17, 15) is 17.6 Å². The Balaban J connectivity index is 1.60. The summed E-state index contributed by atoms with van der Waals surface area (Å²) in [4.78, 5) is 14.1. The van der Waals surface area contributed by atoms with Crippen LogP contribution in [0.4, 0.5) is 9.18 Å². The van der Waals surface area contributed by atoms with Gasteiger partial charge in [0.05, 0.1) is 10.9 Å². The fourth-order valence-corrected chi connectivity index (χ4v) is 5.17. The van der Waals surface area contributed by atoms with Crippen molar-refractivity contribution >= 4 is 32.0 Å². The lowest BCUT2D eigenvalue weighted by Crippen LogP contribution is -2.53. The molecule has 1 saturated heterocycles. The Morgan fingerprint density at radius 3 is 2.43 bits per heavy atom. The fourth-order valence-electron chi connectivity index (χ4n) is 3.09. The first kappa shape index (κ1) is 20.8. The van der Waals surface area contributed by atoms with Crippen LogP contribution in [0.5, 0.6) is 0 Å². The van der Waals surface area contributed by atoms with Gasteiger partial charge in [-0.1, -0.05) is 40.2 Å². The van der Waals surface area contributed by atoms with E-state index in [1.807, 2.05) is 31.2 Å². The van der Waals surface area contributed by atoms with Crippen LogP contribution in [0.3, 0.4) is 0 Å². The second-order valence-corrected chi connectivity index (χ2v) is 9.33. The van der Waals surface area contributed by atoms with Crippen LogP contribution in [0.25, 0.3) is 0 Å². The van der Waals surface area contributed by atoms with Gasteiger partial charge in [0.25, 0.3) is 0 Å². The minimum Gasteiger partial charge on any atom is -0.331 e. The van der Waals surface area contributed by atoms with Gasteiger partial charge in [-0.15, -0.1) is 0 Å². The molecule has 150 valence electrons. The molecule has 1 N–H and O–H groups in total.